The minimum atomic E-state index is -0.0883. The van der Waals surface area contributed by atoms with E-state index in [9.17, 15) is 10.2 Å². The SMILES string of the molecule is C[C@]12CC[C@@H]3c4ccc(O)cc4CC[C@H]3[C@@H]1CC[C@H]2O.[H-].[H-].[Na+].[Na+]. The van der Waals surface area contributed by atoms with Crippen LogP contribution in [0.2, 0.25) is 0 Å². The van der Waals surface area contributed by atoms with E-state index in [1.807, 2.05) is 12.1 Å². The molecule has 0 unspecified atom stereocenters. The average molecular weight is 320 g/mol. The van der Waals surface area contributed by atoms with Crippen molar-refractivity contribution < 1.29 is 72.2 Å². The molecule has 2 N–H and O–H groups in total. The second kappa shape index (κ2) is 7.07. The Morgan fingerprint density at radius 1 is 1.14 bits per heavy atom. The van der Waals surface area contributed by atoms with Crippen molar-refractivity contribution >= 4 is 0 Å². The van der Waals surface area contributed by atoms with E-state index >= 15 is 0 Å². The van der Waals surface area contributed by atoms with Crippen molar-refractivity contribution in [1.82, 2.24) is 0 Å². The number of hydrogen-bond acceptors (Lipinski definition) is 2. The summed E-state index contributed by atoms with van der Waals surface area (Å²) in [6.45, 7) is 2.32. The van der Waals surface area contributed by atoms with Crippen LogP contribution in [0.25, 0.3) is 0 Å². The van der Waals surface area contributed by atoms with Gasteiger partial charge in [0, 0.05) is 0 Å². The summed E-state index contributed by atoms with van der Waals surface area (Å²) in [6.07, 6.45) is 6.78. The smallest absolute Gasteiger partial charge is 1.00 e. The second-order valence-corrected chi connectivity index (χ2v) is 7.44. The van der Waals surface area contributed by atoms with E-state index in [1.165, 1.54) is 30.4 Å². The normalized spacial score (nSPS) is 38.8. The molecule has 2 saturated carbocycles. The van der Waals surface area contributed by atoms with Crippen molar-refractivity contribution in [3.63, 3.8) is 0 Å². The number of aryl methyl sites for hydroxylation is 1. The van der Waals surface area contributed by atoms with Crippen LogP contribution in [0.5, 0.6) is 5.75 Å². The Bertz CT molecular complexity index is 558. The predicted molar refractivity (Wildman–Crippen MR) is 81.0 cm³/mol. The standard InChI is InChI=1S/C18H24O2.2Na.2H/c1-18-9-8-14-13-5-3-12(19)10-11(13)2-4-15(14)16(18)6-7-17(18)20;;;;/h3,5,10,14-17,19-20H,2,4,6-9H2,1H3;;;;/q;2*+1;2*-1/t14-,15-,16+,17-,18+;;;;/m1..../s1. The van der Waals surface area contributed by atoms with Crippen molar-refractivity contribution in [2.45, 2.75) is 57.5 Å². The van der Waals surface area contributed by atoms with Gasteiger partial charge in [-0.3, -0.25) is 0 Å². The zero-order valence-electron chi connectivity index (χ0n) is 16.2. The molecule has 3 aliphatic rings. The molecule has 2 nitrogen and oxygen atoms in total. The number of aromatic hydroxyl groups is 1. The molecule has 3 aliphatic carbocycles. The molecule has 0 bridgehead atoms. The van der Waals surface area contributed by atoms with Crippen LogP contribution >= 0.6 is 0 Å². The maximum Gasteiger partial charge on any atom is 1.00 e. The number of benzene rings is 1. The van der Waals surface area contributed by atoms with Crippen LogP contribution in [0, 0.1) is 17.3 Å². The van der Waals surface area contributed by atoms with Crippen LogP contribution in [0.1, 0.15) is 58.9 Å². The fourth-order valence-electron chi connectivity index (χ4n) is 5.54. The molecule has 0 saturated heterocycles. The van der Waals surface area contributed by atoms with Crippen LogP contribution in [0.3, 0.4) is 0 Å². The maximum absolute atomic E-state index is 10.4. The first-order chi connectivity index (χ1) is 9.59. The average Bonchev–Trinajstić information content (AvgIpc) is 2.74. The summed E-state index contributed by atoms with van der Waals surface area (Å²) >= 11 is 0. The minimum absolute atomic E-state index is 0. The number of hydrogen-bond donors (Lipinski definition) is 2. The van der Waals surface area contributed by atoms with Crippen LogP contribution in [0.4, 0.5) is 0 Å². The fourth-order valence-corrected chi connectivity index (χ4v) is 5.54. The van der Waals surface area contributed by atoms with Gasteiger partial charge in [-0.1, -0.05) is 13.0 Å². The molecule has 112 valence electrons. The molecule has 4 heteroatoms. The first-order valence-corrected chi connectivity index (χ1v) is 8.09. The molecule has 4 rings (SSSR count). The van der Waals surface area contributed by atoms with E-state index in [0.29, 0.717) is 17.6 Å². The Kier molecular flexibility index (Phi) is 6.21. The van der Waals surface area contributed by atoms with Crippen LogP contribution < -0.4 is 59.1 Å². The van der Waals surface area contributed by atoms with E-state index < -0.39 is 0 Å². The molecule has 1 aromatic rings. The maximum atomic E-state index is 10.4. The van der Waals surface area contributed by atoms with Crippen LogP contribution in [-0.4, -0.2) is 16.3 Å². The quantitative estimate of drug-likeness (QED) is 0.535. The minimum Gasteiger partial charge on any atom is -1.00 e. The third-order valence-corrected chi connectivity index (χ3v) is 6.66. The first-order valence-electron chi connectivity index (χ1n) is 8.09. The number of aliphatic hydroxyl groups is 1. The molecule has 1 aromatic carbocycles. The zero-order chi connectivity index (χ0) is 13.9. The topological polar surface area (TPSA) is 40.5 Å². The molecule has 0 heterocycles. The molecule has 0 aliphatic heterocycles. The van der Waals surface area contributed by atoms with Gasteiger partial charge in [-0.05, 0) is 85.0 Å². The van der Waals surface area contributed by atoms with Gasteiger partial charge in [-0.2, -0.15) is 0 Å². The number of rotatable bonds is 0. The van der Waals surface area contributed by atoms with Gasteiger partial charge in [-0.25, -0.2) is 0 Å². The van der Waals surface area contributed by atoms with E-state index in [0.717, 1.165) is 25.2 Å². The summed E-state index contributed by atoms with van der Waals surface area (Å²) in [7, 11) is 0. The number of phenols is 1. The first kappa shape index (κ1) is 19.3. The second-order valence-electron chi connectivity index (χ2n) is 7.44. The van der Waals surface area contributed by atoms with Gasteiger partial charge in [0.25, 0.3) is 0 Å². The molecular weight excluding hydrogens is 294 g/mol. The van der Waals surface area contributed by atoms with Gasteiger partial charge in [0.1, 0.15) is 5.75 Å². The van der Waals surface area contributed by atoms with Gasteiger partial charge >= 0.3 is 59.1 Å². The molecule has 22 heavy (non-hydrogen) atoms. The summed E-state index contributed by atoms with van der Waals surface area (Å²) in [4.78, 5) is 0. The monoisotopic (exact) mass is 320 g/mol. The van der Waals surface area contributed by atoms with Crippen molar-refractivity contribution in [3.8, 4) is 5.75 Å². The summed E-state index contributed by atoms with van der Waals surface area (Å²) in [6, 6.07) is 5.96. The Hall–Kier alpha value is 0.980. The molecule has 0 aromatic heterocycles. The van der Waals surface area contributed by atoms with E-state index in [4.69, 9.17) is 0 Å². The number of phenolic OH excluding ortho intramolecular Hbond substituents is 1. The van der Waals surface area contributed by atoms with Crippen LogP contribution in [-0.2, 0) is 6.42 Å². The van der Waals surface area contributed by atoms with Gasteiger partial charge in [-0.15, -0.1) is 0 Å². The zero-order valence-corrected chi connectivity index (χ0v) is 18.2. The molecule has 0 radical (unpaired) electrons. The molecular formula is C18H26Na2O2. The Morgan fingerprint density at radius 2 is 1.91 bits per heavy atom. The van der Waals surface area contributed by atoms with Gasteiger partial charge in [0.2, 0.25) is 0 Å². The third-order valence-electron chi connectivity index (χ3n) is 6.66. The Morgan fingerprint density at radius 3 is 2.68 bits per heavy atom. The molecule has 0 spiro atoms. The summed E-state index contributed by atoms with van der Waals surface area (Å²) in [5, 5.41) is 20.0. The van der Waals surface area contributed by atoms with E-state index in [1.54, 1.807) is 0 Å². The van der Waals surface area contributed by atoms with Crippen LogP contribution in [0.15, 0.2) is 18.2 Å². The van der Waals surface area contributed by atoms with Crippen molar-refractivity contribution in [3.05, 3.63) is 29.3 Å². The van der Waals surface area contributed by atoms with Gasteiger partial charge < -0.3 is 13.1 Å². The largest absolute Gasteiger partial charge is 1.00 e. The summed E-state index contributed by atoms with van der Waals surface area (Å²) in [5.41, 5.74) is 2.99. The number of aliphatic hydroxyl groups excluding tert-OH is 1. The summed E-state index contributed by atoms with van der Waals surface area (Å²) in [5.74, 6) is 2.49. The van der Waals surface area contributed by atoms with Crippen molar-refractivity contribution in [2.75, 3.05) is 0 Å². The van der Waals surface area contributed by atoms with Crippen molar-refractivity contribution in [2.24, 2.45) is 17.3 Å². The van der Waals surface area contributed by atoms with Crippen molar-refractivity contribution in [1.29, 1.82) is 0 Å². The van der Waals surface area contributed by atoms with E-state index in [-0.39, 0.29) is 73.5 Å². The summed E-state index contributed by atoms with van der Waals surface area (Å²) < 4.78 is 0. The molecule has 5 atom stereocenters. The van der Waals surface area contributed by atoms with E-state index in [2.05, 4.69) is 13.0 Å². The van der Waals surface area contributed by atoms with Gasteiger partial charge in [0.15, 0.2) is 0 Å². The molecule has 0 amide bonds. The third kappa shape index (κ3) is 2.87. The predicted octanol–water partition coefficient (Wildman–Crippen LogP) is -2.16. The van der Waals surface area contributed by atoms with Gasteiger partial charge in [0.05, 0.1) is 6.10 Å². The number of fused-ring (bicyclic) bond motifs is 5. The Balaban J connectivity index is 0.00000132. The molecule has 2 fully saturated rings. The fraction of sp³-hybridized carbons (Fsp3) is 0.667. The Labute approximate surface area is 180 Å².